The first-order valence-corrected chi connectivity index (χ1v) is 6.61. The van der Waals surface area contributed by atoms with Crippen LogP contribution >= 0.6 is 11.6 Å². The number of hydrogen-bond acceptors (Lipinski definition) is 2. The highest BCUT2D eigenvalue weighted by Gasteiger charge is 2.13. The molecule has 2 nitrogen and oxygen atoms in total. The van der Waals surface area contributed by atoms with Crippen molar-refractivity contribution in [1.29, 1.82) is 5.26 Å². The zero-order chi connectivity index (χ0) is 12.1. The predicted octanol–water partition coefficient (Wildman–Crippen LogP) is 4.20. The number of hydrogen-bond donors (Lipinski definition) is 1. The van der Waals surface area contributed by atoms with Gasteiger partial charge in [-0.25, -0.2) is 0 Å². The van der Waals surface area contributed by atoms with Crippen LogP contribution in [0.25, 0.3) is 0 Å². The Balaban J connectivity index is 1.92. The van der Waals surface area contributed by atoms with Crippen molar-refractivity contribution in [2.24, 2.45) is 5.92 Å². The maximum atomic E-state index is 8.76. The van der Waals surface area contributed by atoms with Crippen molar-refractivity contribution in [3.05, 3.63) is 28.8 Å². The lowest BCUT2D eigenvalue weighted by molar-refractivity contribution is 0.373. The summed E-state index contributed by atoms with van der Waals surface area (Å²) in [4.78, 5) is 0. The summed E-state index contributed by atoms with van der Waals surface area (Å²) >= 11 is 6.11. The lowest BCUT2D eigenvalue weighted by atomic mass is 9.89. The Bertz CT molecular complexity index is 417. The van der Waals surface area contributed by atoms with Crippen molar-refractivity contribution in [3.8, 4) is 6.07 Å². The van der Waals surface area contributed by atoms with Crippen LogP contribution in [0, 0.1) is 17.2 Å². The predicted molar refractivity (Wildman–Crippen MR) is 71.2 cm³/mol. The average molecular weight is 249 g/mol. The minimum atomic E-state index is 0.609. The molecule has 0 aromatic heterocycles. The standard InChI is InChI=1S/C14H17ClN2/c15-13-8-12(9-16)6-7-14(13)17-10-11-4-2-1-3-5-11/h6-8,11,17H,1-5,10H2. The Hall–Kier alpha value is -1.20. The van der Waals surface area contributed by atoms with Crippen molar-refractivity contribution in [1.82, 2.24) is 0 Å². The average Bonchev–Trinajstić information content (AvgIpc) is 2.38. The van der Waals surface area contributed by atoms with Gasteiger partial charge in [0.2, 0.25) is 0 Å². The van der Waals surface area contributed by atoms with Crippen LogP contribution in [0.15, 0.2) is 18.2 Å². The lowest BCUT2D eigenvalue weighted by Crippen LogP contribution is -2.17. The van der Waals surface area contributed by atoms with E-state index in [1.54, 1.807) is 12.1 Å². The first kappa shape index (κ1) is 12.3. The number of anilines is 1. The summed E-state index contributed by atoms with van der Waals surface area (Å²) in [5, 5.41) is 12.8. The lowest BCUT2D eigenvalue weighted by Gasteiger charge is -2.22. The highest BCUT2D eigenvalue weighted by Crippen LogP contribution is 2.26. The molecule has 1 aromatic carbocycles. The molecule has 0 atom stereocenters. The summed E-state index contributed by atoms with van der Waals surface area (Å²) in [5.41, 5.74) is 1.55. The third kappa shape index (κ3) is 3.38. The van der Waals surface area contributed by atoms with Crippen LogP contribution in [0.3, 0.4) is 0 Å². The molecule has 0 amide bonds. The van der Waals surface area contributed by atoms with Gasteiger partial charge in [0.1, 0.15) is 0 Å². The fraction of sp³-hybridized carbons (Fsp3) is 0.500. The third-order valence-corrected chi connectivity index (χ3v) is 3.72. The second-order valence-electron chi connectivity index (χ2n) is 4.69. The zero-order valence-electron chi connectivity index (χ0n) is 9.88. The maximum absolute atomic E-state index is 8.76. The maximum Gasteiger partial charge on any atom is 0.0992 e. The van der Waals surface area contributed by atoms with Gasteiger partial charge in [-0.2, -0.15) is 5.26 Å². The van der Waals surface area contributed by atoms with E-state index in [1.807, 2.05) is 6.07 Å². The van der Waals surface area contributed by atoms with Gasteiger partial charge in [0.25, 0.3) is 0 Å². The smallest absolute Gasteiger partial charge is 0.0992 e. The molecular weight excluding hydrogens is 232 g/mol. The van der Waals surface area contributed by atoms with E-state index < -0.39 is 0 Å². The van der Waals surface area contributed by atoms with Crippen molar-refractivity contribution in [3.63, 3.8) is 0 Å². The monoisotopic (exact) mass is 248 g/mol. The second kappa shape index (κ2) is 5.93. The summed E-state index contributed by atoms with van der Waals surface area (Å²) in [5.74, 6) is 0.774. The van der Waals surface area contributed by atoms with Crippen LogP contribution in [0.2, 0.25) is 5.02 Å². The first-order chi connectivity index (χ1) is 8.29. The molecule has 3 heteroatoms. The molecule has 0 saturated heterocycles. The Labute approximate surface area is 108 Å². The largest absolute Gasteiger partial charge is 0.384 e. The number of nitrogens with one attached hydrogen (secondary N) is 1. The van der Waals surface area contributed by atoms with Gasteiger partial charge in [-0.15, -0.1) is 0 Å². The molecule has 0 radical (unpaired) electrons. The van der Waals surface area contributed by atoms with Gasteiger partial charge < -0.3 is 5.32 Å². The summed E-state index contributed by atoms with van der Waals surface area (Å²) in [6, 6.07) is 7.49. The fourth-order valence-corrected chi connectivity index (χ4v) is 2.62. The summed E-state index contributed by atoms with van der Waals surface area (Å²) in [6.45, 7) is 0.992. The van der Waals surface area contributed by atoms with E-state index in [0.717, 1.165) is 18.2 Å². The summed E-state index contributed by atoms with van der Waals surface area (Å²) in [7, 11) is 0. The molecule has 1 aliphatic carbocycles. The molecule has 1 fully saturated rings. The van der Waals surface area contributed by atoms with Crippen LogP contribution in [0.5, 0.6) is 0 Å². The van der Waals surface area contributed by atoms with E-state index in [2.05, 4.69) is 11.4 Å². The molecule has 0 unspecified atom stereocenters. The molecule has 1 aromatic rings. The Morgan fingerprint density at radius 2 is 2.06 bits per heavy atom. The van der Waals surface area contributed by atoms with Crippen LogP contribution < -0.4 is 5.32 Å². The zero-order valence-corrected chi connectivity index (χ0v) is 10.6. The van der Waals surface area contributed by atoms with E-state index in [-0.39, 0.29) is 0 Å². The van der Waals surface area contributed by atoms with E-state index in [9.17, 15) is 0 Å². The van der Waals surface area contributed by atoms with Crippen LogP contribution in [-0.4, -0.2) is 6.54 Å². The molecule has 1 saturated carbocycles. The first-order valence-electron chi connectivity index (χ1n) is 6.23. The normalized spacial score (nSPS) is 16.5. The highest BCUT2D eigenvalue weighted by atomic mass is 35.5. The molecule has 2 rings (SSSR count). The Morgan fingerprint density at radius 1 is 1.29 bits per heavy atom. The van der Waals surface area contributed by atoms with E-state index in [4.69, 9.17) is 16.9 Å². The number of nitriles is 1. The van der Waals surface area contributed by atoms with E-state index in [1.165, 1.54) is 32.1 Å². The number of benzene rings is 1. The van der Waals surface area contributed by atoms with Crippen molar-refractivity contribution < 1.29 is 0 Å². The van der Waals surface area contributed by atoms with Crippen LogP contribution in [0.1, 0.15) is 37.7 Å². The highest BCUT2D eigenvalue weighted by molar-refractivity contribution is 6.33. The molecule has 17 heavy (non-hydrogen) atoms. The fourth-order valence-electron chi connectivity index (χ4n) is 2.37. The third-order valence-electron chi connectivity index (χ3n) is 3.40. The van der Waals surface area contributed by atoms with Crippen LogP contribution in [0.4, 0.5) is 5.69 Å². The van der Waals surface area contributed by atoms with Gasteiger partial charge >= 0.3 is 0 Å². The molecule has 0 aliphatic heterocycles. The summed E-state index contributed by atoms with van der Waals surface area (Å²) in [6.07, 6.45) is 6.73. The minimum absolute atomic E-state index is 0.609. The Kier molecular flexibility index (Phi) is 4.28. The van der Waals surface area contributed by atoms with Gasteiger partial charge in [-0.3, -0.25) is 0 Å². The van der Waals surface area contributed by atoms with E-state index >= 15 is 0 Å². The quantitative estimate of drug-likeness (QED) is 0.870. The van der Waals surface area contributed by atoms with E-state index in [0.29, 0.717) is 10.6 Å². The molecular formula is C14H17ClN2. The van der Waals surface area contributed by atoms with Gasteiger partial charge in [0, 0.05) is 6.54 Å². The van der Waals surface area contributed by atoms with Gasteiger partial charge in [-0.1, -0.05) is 30.9 Å². The Morgan fingerprint density at radius 3 is 2.71 bits per heavy atom. The number of halogens is 1. The SMILES string of the molecule is N#Cc1ccc(NCC2CCCCC2)c(Cl)c1. The van der Waals surface area contributed by atoms with Gasteiger partial charge in [-0.05, 0) is 37.0 Å². The molecule has 0 heterocycles. The second-order valence-corrected chi connectivity index (χ2v) is 5.10. The van der Waals surface area contributed by atoms with Gasteiger partial charge in [0.05, 0.1) is 22.3 Å². The topological polar surface area (TPSA) is 35.8 Å². The molecule has 1 N–H and O–H groups in total. The van der Waals surface area contributed by atoms with Crippen molar-refractivity contribution in [2.45, 2.75) is 32.1 Å². The van der Waals surface area contributed by atoms with Crippen molar-refractivity contribution >= 4 is 17.3 Å². The molecule has 1 aliphatic rings. The van der Waals surface area contributed by atoms with Gasteiger partial charge in [0.15, 0.2) is 0 Å². The minimum Gasteiger partial charge on any atom is -0.384 e. The molecule has 90 valence electrons. The van der Waals surface area contributed by atoms with Crippen molar-refractivity contribution in [2.75, 3.05) is 11.9 Å². The molecule has 0 spiro atoms. The number of nitrogens with zero attached hydrogens (tertiary/aromatic N) is 1. The summed E-state index contributed by atoms with van der Waals surface area (Å²) < 4.78 is 0. The van der Waals surface area contributed by atoms with Crippen LogP contribution in [-0.2, 0) is 0 Å². The molecule has 0 bridgehead atoms. The number of rotatable bonds is 3.